The van der Waals surface area contributed by atoms with Crippen molar-refractivity contribution in [3.05, 3.63) is 47.8 Å². The van der Waals surface area contributed by atoms with E-state index in [-0.39, 0.29) is 5.82 Å². The molecule has 0 aliphatic carbocycles. The molecule has 1 heterocycles. The summed E-state index contributed by atoms with van der Waals surface area (Å²) in [5.74, 6) is 0.686. The second kappa shape index (κ2) is 7.25. The smallest absolute Gasteiger partial charge is 0.206 e. The molecule has 2 rings (SSSR count). The quantitative estimate of drug-likeness (QED) is 0.646. The van der Waals surface area contributed by atoms with E-state index in [1.807, 2.05) is 13.0 Å². The number of thioether (sulfide) groups is 1. The minimum Gasteiger partial charge on any atom is -0.356 e. The van der Waals surface area contributed by atoms with Crippen molar-refractivity contribution in [1.29, 1.82) is 0 Å². The number of aromatic nitrogens is 2. The number of hydrogen-bond acceptors (Lipinski definition) is 5. The number of rotatable bonds is 6. The first kappa shape index (κ1) is 14.0. The van der Waals surface area contributed by atoms with E-state index >= 15 is 0 Å². The zero-order valence-electron chi connectivity index (χ0n) is 10.5. The molecule has 0 atom stereocenters. The number of halogens is 1. The number of benzene rings is 1. The highest BCUT2D eigenvalue weighted by atomic mass is 32.2. The van der Waals surface area contributed by atoms with Gasteiger partial charge < -0.3 is 5.32 Å². The Morgan fingerprint density at radius 3 is 2.84 bits per heavy atom. The van der Waals surface area contributed by atoms with Gasteiger partial charge in [0.05, 0.1) is 0 Å². The average Bonchev–Trinajstić information content (AvgIpc) is 2.86. The molecule has 0 saturated heterocycles. The van der Waals surface area contributed by atoms with Crippen LogP contribution in [0.25, 0.3) is 0 Å². The molecule has 0 amide bonds. The molecule has 1 N–H and O–H groups in total. The van der Waals surface area contributed by atoms with E-state index in [9.17, 15) is 4.39 Å². The first-order valence-corrected chi connectivity index (χ1v) is 7.64. The van der Waals surface area contributed by atoms with Crippen LogP contribution in [0, 0.1) is 5.82 Å². The number of nitrogens with one attached hydrogen (secondary N) is 1. The molecular weight excluding hydrogens is 281 g/mol. The summed E-state index contributed by atoms with van der Waals surface area (Å²) < 4.78 is 13.7. The first-order valence-electron chi connectivity index (χ1n) is 5.83. The van der Waals surface area contributed by atoms with Crippen molar-refractivity contribution in [2.75, 3.05) is 11.1 Å². The van der Waals surface area contributed by atoms with Crippen LogP contribution in [0.1, 0.15) is 12.5 Å². The summed E-state index contributed by atoms with van der Waals surface area (Å²) in [6.45, 7) is 2.62. The van der Waals surface area contributed by atoms with Crippen LogP contribution in [0.15, 0.2) is 40.8 Å². The molecule has 0 aliphatic rings. The van der Waals surface area contributed by atoms with Gasteiger partial charge in [-0.15, -0.1) is 10.2 Å². The van der Waals surface area contributed by atoms with Gasteiger partial charge >= 0.3 is 0 Å². The lowest BCUT2D eigenvalue weighted by Gasteiger charge is -2.01. The molecule has 100 valence electrons. The number of hydrogen-bond donors (Lipinski definition) is 1. The summed E-state index contributed by atoms with van der Waals surface area (Å²) in [6.07, 6.45) is 4.10. The van der Waals surface area contributed by atoms with Crippen molar-refractivity contribution in [2.24, 2.45) is 0 Å². The molecule has 6 heteroatoms. The number of nitrogens with zero attached hydrogens (tertiary/aromatic N) is 2. The Bertz CT molecular complexity index is 537. The van der Waals surface area contributed by atoms with E-state index in [1.54, 1.807) is 23.9 Å². The summed E-state index contributed by atoms with van der Waals surface area (Å²) in [7, 11) is 0. The van der Waals surface area contributed by atoms with Crippen LogP contribution < -0.4 is 5.32 Å². The third kappa shape index (κ3) is 4.65. The minimum atomic E-state index is -0.220. The van der Waals surface area contributed by atoms with Crippen molar-refractivity contribution in [3.8, 4) is 0 Å². The van der Waals surface area contributed by atoms with E-state index in [0.717, 1.165) is 20.8 Å². The van der Waals surface area contributed by atoms with Gasteiger partial charge in [0.25, 0.3) is 0 Å². The van der Waals surface area contributed by atoms with Crippen molar-refractivity contribution in [3.63, 3.8) is 0 Å². The molecule has 0 aliphatic heterocycles. The molecule has 0 fully saturated rings. The van der Waals surface area contributed by atoms with Gasteiger partial charge in [0.2, 0.25) is 5.13 Å². The Morgan fingerprint density at radius 2 is 2.11 bits per heavy atom. The SMILES string of the molecule is C/C=C\CSc1nnc(NCc2ccc(F)cc2)s1. The van der Waals surface area contributed by atoms with Crippen molar-refractivity contribution >= 4 is 28.2 Å². The van der Waals surface area contributed by atoms with Crippen LogP contribution in [0.4, 0.5) is 9.52 Å². The largest absolute Gasteiger partial charge is 0.356 e. The minimum absolute atomic E-state index is 0.220. The highest BCUT2D eigenvalue weighted by Crippen LogP contribution is 2.25. The fourth-order valence-corrected chi connectivity index (χ4v) is 3.01. The van der Waals surface area contributed by atoms with Gasteiger partial charge in [0.1, 0.15) is 5.82 Å². The van der Waals surface area contributed by atoms with Crippen LogP contribution >= 0.6 is 23.1 Å². The summed E-state index contributed by atoms with van der Waals surface area (Å²) in [4.78, 5) is 0. The molecule has 0 bridgehead atoms. The Kier molecular flexibility index (Phi) is 5.35. The third-order valence-electron chi connectivity index (χ3n) is 2.30. The fourth-order valence-electron chi connectivity index (χ4n) is 1.34. The Morgan fingerprint density at radius 1 is 1.32 bits per heavy atom. The lowest BCUT2D eigenvalue weighted by atomic mass is 10.2. The predicted molar refractivity (Wildman–Crippen MR) is 79.2 cm³/mol. The highest BCUT2D eigenvalue weighted by Gasteiger charge is 2.03. The van der Waals surface area contributed by atoms with E-state index in [2.05, 4.69) is 21.6 Å². The lowest BCUT2D eigenvalue weighted by molar-refractivity contribution is 0.627. The summed E-state index contributed by atoms with van der Waals surface area (Å²) in [5, 5.41) is 12.1. The Hall–Kier alpha value is -1.40. The lowest BCUT2D eigenvalue weighted by Crippen LogP contribution is -1.98. The molecule has 3 nitrogen and oxygen atoms in total. The van der Waals surface area contributed by atoms with E-state index in [1.165, 1.54) is 23.5 Å². The molecule has 1 aromatic heterocycles. The fraction of sp³-hybridized carbons (Fsp3) is 0.231. The van der Waals surface area contributed by atoms with Gasteiger partial charge in [-0.3, -0.25) is 0 Å². The maximum atomic E-state index is 12.8. The third-order valence-corrected chi connectivity index (χ3v) is 4.27. The summed E-state index contributed by atoms with van der Waals surface area (Å²) in [5.41, 5.74) is 1.01. The zero-order chi connectivity index (χ0) is 13.5. The number of allylic oxidation sites excluding steroid dienone is 1. The Balaban J connectivity index is 1.84. The molecule has 0 radical (unpaired) electrons. The molecule has 1 aromatic carbocycles. The van der Waals surface area contributed by atoms with Crippen LogP contribution in [0.3, 0.4) is 0 Å². The molecule has 0 spiro atoms. The second-order valence-corrected chi connectivity index (χ2v) is 5.98. The standard InChI is InChI=1S/C13H14FN3S2/c1-2-3-8-18-13-17-16-12(19-13)15-9-10-4-6-11(14)7-5-10/h2-7H,8-9H2,1H3,(H,15,16)/b3-2-. The first-order chi connectivity index (χ1) is 9.28. The normalized spacial score (nSPS) is 11.1. The van der Waals surface area contributed by atoms with Gasteiger partial charge in [-0.2, -0.15) is 0 Å². The van der Waals surface area contributed by atoms with Gasteiger partial charge in [0, 0.05) is 12.3 Å². The van der Waals surface area contributed by atoms with E-state index in [4.69, 9.17) is 0 Å². The van der Waals surface area contributed by atoms with E-state index in [0.29, 0.717) is 6.54 Å². The van der Waals surface area contributed by atoms with Gasteiger partial charge in [-0.25, -0.2) is 4.39 Å². The topological polar surface area (TPSA) is 37.8 Å². The maximum Gasteiger partial charge on any atom is 0.206 e. The summed E-state index contributed by atoms with van der Waals surface area (Å²) in [6, 6.07) is 6.42. The maximum absolute atomic E-state index is 12.8. The van der Waals surface area contributed by atoms with Gasteiger partial charge in [-0.05, 0) is 24.6 Å². The van der Waals surface area contributed by atoms with Crippen molar-refractivity contribution in [1.82, 2.24) is 10.2 Å². The van der Waals surface area contributed by atoms with Crippen LogP contribution in [-0.4, -0.2) is 16.0 Å². The van der Waals surface area contributed by atoms with Crippen LogP contribution in [-0.2, 0) is 6.54 Å². The average molecular weight is 295 g/mol. The van der Waals surface area contributed by atoms with Crippen molar-refractivity contribution in [2.45, 2.75) is 17.8 Å². The molecule has 19 heavy (non-hydrogen) atoms. The molecule has 0 unspecified atom stereocenters. The Labute approximate surface area is 120 Å². The number of anilines is 1. The van der Waals surface area contributed by atoms with Crippen molar-refractivity contribution < 1.29 is 4.39 Å². The molecule has 2 aromatic rings. The predicted octanol–water partition coefficient (Wildman–Crippen LogP) is 3.96. The van der Waals surface area contributed by atoms with Gasteiger partial charge in [0.15, 0.2) is 4.34 Å². The molecular formula is C13H14FN3S2. The van der Waals surface area contributed by atoms with Crippen LogP contribution in [0.2, 0.25) is 0 Å². The van der Waals surface area contributed by atoms with E-state index < -0.39 is 0 Å². The van der Waals surface area contributed by atoms with Crippen LogP contribution in [0.5, 0.6) is 0 Å². The summed E-state index contributed by atoms with van der Waals surface area (Å²) >= 11 is 3.19. The monoisotopic (exact) mass is 295 g/mol. The highest BCUT2D eigenvalue weighted by molar-refractivity contribution is 8.01. The second-order valence-electron chi connectivity index (χ2n) is 3.73. The zero-order valence-corrected chi connectivity index (χ0v) is 12.1. The molecule has 0 saturated carbocycles. The van der Waals surface area contributed by atoms with Gasteiger partial charge in [-0.1, -0.05) is 47.4 Å².